The second-order valence-corrected chi connectivity index (χ2v) is 7.33. The Hall–Kier alpha value is -2.55. The summed E-state index contributed by atoms with van der Waals surface area (Å²) in [6.45, 7) is 4.51. The maximum atomic E-state index is 12.5. The lowest BCUT2D eigenvalue weighted by atomic mass is 10.1. The zero-order chi connectivity index (χ0) is 19.6. The fourth-order valence-electron chi connectivity index (χ4n) is 3.00. The van der Waals surface area contributed by atoms with E-state index in [9.17, 15) is 14.4 Å². The largest absolute Gasteiger partial charge is 0.465 e. The Balaban J connectivity index is 1.84. The number of carbonyl (C=O) groups excluding carboxylic acids is 3. The van der Waals surface area contributed by atoms with Gasteiger partial charge in [0.25, 0.3) is 5.91 Å². The summed E-state index contributed by atoms with van der Waals surface area (Å²) in [6.07, 6.45) is -0.610. The third kappa shape index (κ3) is 4.08. The van der Waals surface area contributed by atoms with E-state index in [0.29, 0.717) is 18.3 Å². The standard InChI is InChI=1S/C18H22N4O4S/c1-4-26-13(23)10-27-18-19-15-14(16(24)20-17(25)21(15)3)22(18)9-12-7-5-11(2)6-8-12/h5-8,14-15H,4,9-10H2,1-3H3,(H,20,24,25). The smallest absolute Gasteiger partial charge is 0.325 e. The van der Waals surface area contributed by atoms with Crippen molar-refractivity contribution < 1.29 is 19.1 Å². The number of aliphatic imine (C=N–C) groups is 1. The van der Waals surface area contributed by atoms with E-state index in [-0.39, 0.29) is 17.6 Å². The molecule has 2 heterocycles. The molecular weight excluding hydrogens is 368 g/mol. The normalized spacial score (nSPS) is 21.7. The molecule has 3 amide bonds. The van der Waals surface area contributed by atoms with Crippen LogP contribution in [-0.2, 0) is 20.9 Å². The molecule has 0 saturated carbocycles. The number of urea groups is 1. The molecule has 8 nitrogen and oxygen atoms in total. The van der Waals surface area contributed by atoms with Crippen LogP contribution in [0, 0.1) is 6.92 Å². The number of imide groups is 1. The molecule has 3 rings (SSSR count). The van der Waals surface area contributed by atoms with Crippen LogP contribution in [-0.4, -0.2) is 64.5 Å². The average Bonchev–Trinajstić information content (AvgIpc) is 2.99. The Bertz CT molecular complexity index is 780. The van der Waals surface area contributed by atoms with Crippen LogP contribution in [0.1, 0.15) is 18.1 Å². The number of fused-ring (bicyclic) bond motifs is 1. The second-order valence-electron chi connectivity index (χ2n) is 6.38. The number of thioether (sulfide) groups is 1. The van der Waals surface area contributed by atoms with Crippen molar-refractivity contribution in [2.75, 3.05) is 19.4 Å². The highest BCUT2D eigenvalue weighted by Gasteiger charge is 2.48. The van der Waals surface area contributed by atoms with Crippen LogP contribution in [0.4, 0.5) is 4.79 Å². The van der Waals surface area contributed by atoms with Crippen molar-refractivity contribution in [3.8, 4) is 0 Å². The molecule has 0 radical (unpaired) electrons. The van der Waals surface area contributed by atoms with Gasteiger partial charge in [0.15, 0.2) is 17.4 Å². The van der Waals surface area contributed by atoms with Crippen LogP contribution < -0.4 is 5.32 Å². The molecule has 27 heavy (non-hydrogen) atoms. The summed E-state index contributed by atoms with van der Waals surface area (Å²) in [4.78, 5) is 44.0. The van der Waals surface area contributed by atoms with Crippen LogP contribution in [0.25, 0.3) is 0 Å². The van der Waals surface area contributed by atoms with Gasteiger partial charge < -0.3 is 14.5 Å². The van der Waals surface area contributed by atoms with Crippen molar-refractivity contribution in [3.05, 3.63) is 35.4 Å². The van der Waals surface area contributed by atoms with Gasteiger partial charge in [-0.1, -0.05) is 41.6 Å². The molecule has 9 heteroatoms. The van der Waals surface area contributed by atoms with Crippen molar-refractivity contribution in [1.82, 2.24) is 15.1 Å². The van der Waals surface area contributed by atoms with Crippen LogP contribution >= 0.6 is 11.8 Å². The summed E-state index contributed by atoms with van der Waals surface area (Å²) >= 11 is 1.22. The Morgan fingerprint density at radius 3 is 2.67 bits per heavy atom. The van der Waals surface area contributed by atoms with Gasteiger partial charge in [0.1, 0.15) is 0 Å². The van der Waals surface area contributed by atoms with E-state index < -0.39 is 18.2 Å². The molecule has 2 unspecified atom stereocenters. The first-order chi connectivity index (χ1) is 12.9. The van der Waals surface area contributed by atoms with E-state index in [1.807, 2.05) is 36.1 Å². The summed E-state index contributed by atoms with van der Waals surface area (Å²) in [5, 5.41) is 2.91. The number of likely N-dealkylation sites (N-methyl/N-ethyl adjacent to an activating group) is 1. The molecule has 2 aliphatic rings. The SMILES string of the molecule is CCOC(=O)CSC1=NC2C(C(=O)NC(=O)N2C)N1Cc1ccc(C)cc1. The Morgan fingerprint density at radius 1 is 1.30 bits per heavy atom. The van der Waals surface area contributed by atoms with E-state index >= 15 is 0 Å². The monoisotopic (exact) mass is 390 g/mol. The summed E-state index contributed by atoms with van der Waals surface area (Å²) < 4.78 is 4.97. The number of aryl methyl sites for hydroxylation is 1. The molecule has 0 aliphatic carbocycles. The highest BCUT2D eigenvalue weighted by Crippen LogP contribution is 2.30. The van der Waals surface area contributed by atoms with E-state index in [1.54, 1.807) is 14.0 Å². The molecule has 1 saturated heterocycles. The minimum absolute atomic E-state index is 0.0930. The van der Waals surface area contributed by atoms with Crippen molar-refractivity contribution in [2.24, 2.45) is 4.99 Å². The van der Waals surface area contributed by atoms with Gasteiger partial charge in [0, 0.05) is 13.6 Å². The molecule has 0 spiro atoms. The number of benzene rings is 1. The highest BCUT2D eigenvalue weighted by molar-refractivity contribution is 8.14. The van der Waals surface area contributed by atoms with Crippen LogP contribution in [0.2, 0.25) is 0 Å². The van der Waals surface area contributed by atoms with Crippen LogP contribution in [0.15, 0.2) is 29.3 Å². The first-order valence-electron chi connectivity index (χ1n) is 8.66. The summed E-state index contributed by atoms with van der Waals surface area (Å²) in [7, 11) is 1.60. The predicted molar refractivity (Wildman–Crippen MR) is 102 cm³/mol. The number of nitrogens with zero attached hydrogens (tertiary/aromatic N) is 3. The number of carbonyl (C=O) groups is 3. The van der Waals surface area contributed by atoms with Gasteiger partial charge in [-0.15, -0.1) is 0 Å². The highest BCUT2D eigenvalue weighted by atomic mass is 32.2. The fourth-order valence-corrected chi connectivity index (χ4v) is 3.86. The number of ether oxygens (including phenoxy) is 1. The number of hydrogen-bond acceptors (Lipinski definition) is 7. The number of esters is 1. The maximum Gasteiger partial charge on any atom is 0.325 e. The lowest BCUT2D eigenvalue weighted by Crippen LogP contribution is -2.63. The summed E-state index contributed by atoms with van der Waals surface area (Å²) in [5.74, 6) is -0.634. The molecule has 1 N–H and O–H groups in total. The predicted octanol–water partition coefficient (Wildman–Crippen LogP) is 1.34. The lowest BCUT2D eigenvalue weighted by molar-refractivity contribution is -0.139. The van der Waals surface area contributed by atoms with Crippen LogP contribution in [0.5, 0.6) is 0 Å². The summed E-state index contributed by atoms with van der Waals surface area (Å²) in [6, 6.07) is 6.89. The van der Waals surface area contributed by atoms with E-state index in [2.05, 4.69) is 10.3 Å². The molecule has 1 fully saturated rings. The van der Waals surface area contributed by atoms with Gasteiger partial charge in [-0.25, -0.2) is 9.79 Å². The lowest BCUT2D eigenvalue weighted by Gasteiger charge is -2.36. The third-order valence-corrected chi connectivity index (χ3v) is 5.40. The fraction of sp³-hybridized carbons (Fsp3) is 0.444. The zero-order valence-corrected chi connectivity index (χ0v) is 16.3. The first-order valence-corrected chi connectivity index (χ1v) is 9.65. The maximum absolute atomic E-state index is 12.5. The molecule has 144 valence electrons. The molecule has 2 atom stereocenters. The van der Waals surface area contributed by atoms with Gasteiger partial charge in [-0.3, -0.25) is 14.9 Å². The molecule has 1 aromatic rings. The molecule has 0 aromatic heterocycles. The molecule has 1 aromatic carbocycles. The minimum atomic E-state index is -0.626. The number of amidine groups is 1. The van der Waals surface area contributed by atoms with Gasteiger partial charge in [0.2, 0.25) is 0 Å². The van der Waals surface area contributed by atoms with Crippen molar-refractivity contribution in [2.45, 2.75) is 32.6 Å². The number of rotatable bonds is 5. The molecule has 0 bridgehead atoms. The Morgan fingerprint density at radius 2 is 2.00 bits per heavy atom. The third-order valence-electron chi connectivity index (χ3n) is 4.42. The zero-order valence-electron chi connectivity index (χ0n) is 15.5. The van der Waals surface area contributed by atoms with Crippen LogP contribution in [0.3, 0.4) is 0 Å². The van der Waals surface area contributed by atoms with Crippen molar-refractivity contribution in [3.63, 3.8) is 0 Å². The van der Waals surface area contributed by atoms with E-state index in [1.165, 1.54) is 16.7 Å². The van der Waals surface area contributed by atoms with Gasteiger partial charge in [0.05, 0.1) is 12.4 Å². The van der Waals surface area contributed by atoms with Crippen molar-refractivity contribution in [1.29, 1.82) is 0 Å². The molecular formula is C18H22N4O4S. The van der Waals surface area contributed by atoms with Gasteiger partial charge >= 0.3 is 12.0 Å². The number of amides is 3. The topological polar surface area (TPSA) is 91.3 Å². The number of nitrogens with one attached hydrogen (secondary N) is 1. The van der Waals surface area contributed by atoms with Crippen molar-refractivity contribution >= 4 is 34.8 Å². The minimum Gasteiger partial charge on any atom is -0.465 e. The Kier molecular flexibility index (Phi) is 5.69. The summed E-state index contributed by atoms with van der Waals surface area (Å²) in [5.41, 5.74) is 2.16. The first kappa shape index (κ1) is 19.2. The van der Waals surface area contributed by atoms with Gasteiger partial charge in [-0.2, -0.15) is 0 Å². The van der Waals surface area contributed by atoms with E-state index in [0.717, 1.165) is 11.1 Å². The quantitative estimate of drug-likeness (QED) is 0.763. The molecule has 2 aliphatic heterocycles. The number of hydrogen-bond donors (Lipinski definition) is 1. The second kappa shape index (κ2) is 7.99. The van der Waals surface area contributed by atoms with Gasteiger partial charge in [-0.05, 0) is 19.4 Å². The Labute approximate surface area is 161 Å². The van der Waals surface area contributed by atoms with E-state index in [4.69, 9.17) is 4.74 Å². The average molecular weight is 390 g/mol.